The Morgan fingerprint density at radius 1 is 1.17 bits per heavy atom. The number of ether oxygens (including phenoxy) is 1. The van der Waals surface area contributed by atoms with Crippen LogP contribution in [0.2, 0.25) is 0 Å². The van der Waals surface area contributed by atoms with Gasteiger partial charge in [-0.2, -0.15) is 0 Å². The summed E-state index contributed by atoms with van der Waals surface area (Å²) in [6, 6.07) is 0. The summed E-state index contributed by atoms with van der Waals surface area (Å²) >= 11 is 0. The highest BCUT2D eigenvalue weighted by Crippen LogP contribution is 2.67. The molecule has 5 rings (SSSR count). The van der Waals surface area contributed by atoms with Gasteiger partial charge < -0.3 is 14.9 Å². The van der Waals surface area contributed by atoms with Crippen molar-refractivity contribution in [1.29, 1.82) is 0 Å². The number of rotatable bonds is 0. The third-order valence-corrected chi connectivity index (χ3v) is 8.04. The molecule has 0 aromatic carbocycles. The van der Waals surface area contributed by atoms with E-state index in [0.29, 0.717) is 5.92 Å². The molecule has 3 aliphatic carbocycles. The monoisotopic (exact) mass is 316 g/mol. The zero-order valence-corrected chi connectivity index (χ0v) is 14.2. The summed E-state index contributed by atoms with van der Waals surface area (Å²) in [7, 11) is 0. The van der Waals surface area contributed by atoms with E-state index in [0.717, 1.165) is 44.9 Å². The molecule has 7 unspecified atom stereocenters. The summed E-state index contributed by atoms with van der Waals surface area (Å²) in [5, 5.41) is 20.9. The van der Waals surface area contributed by atoms with Crippen LogP contribution in [0.3, 0.4) is 0 Å². The molecule has 3 nitrogen and oxygen atoms in total. The SMILES string of the molecule is CC1CC23CCC4(O2)C(=CC3=CC1O)CCC1(C)C(O)CCC41. The van der Waals surface area contributed by atoms with Crippen LogP contribution in [0.25, 0.3) is 0 Å². The summed E-state index contributed by atoms with van der Waals surface area (Å²) < 4.78 is 6.97. The lowest BCUT2D eigenvalue weighted by atomic mass is 9.58. The molecule has 126 valence electrons. The molecule has 2 N–H and O–H groups in total. The molecule has 0 aromatic rings. The van der Waals surface area contributed by atoms with Gasteiger partial charge in [0.25, 0.3) is 0 Å². The normalized spacial score (nSPS) is 57.2. The average molecular weight is 316 g/mol. The van der Waals surface area contributed by atoms with Gasteiger partial charge in [-0.1, -0.05) is 19.9 Å². The van der Waals surface area contributed by atoms with E-state index >= 15 is 0 Å². The van der Waals surface area contributed by atoms with Crippen LogP contribution in [-0.4, -0.2) is 33.6 Å². The first-order chi connectivity index (χ1) is 10.9. The Balaban J connectivity index is 1.64. The second-order valence-corrected chi connectivity index (χ2v) is 9.10. The van der Waals surface area contributed by atoms with Gasteiger partial charge in [0.05, 0.1) is 23.4 Å². The highest BCUT2D eigenvalue weighted by atomic mass is 16.5. The van der Waals surface area contributed by atoms with E-state index in [1.54, 1.807) is 0 Å². The molecule has 23 heavy (non-hydrogen) atoms. The van der Waals surface area contributed by atoms with Crippen molar-refractivity contribution in [3.05, 3.63) is 23.3 Å². The van der Waals surface area contributed by atoms with Gasteiger partial charge in [-0.15, -0.1) is 0 Å². The number of aliphatic hydroxyl groups is 2. The minimum atomic E-state index is -0.341. The van der Waals surface area contributed by atoms with Crippen molar-refractivity contribution in [2.24, 2.45) is 17.3 Å². The molecule has 2 heterocycles. The van der Waals surface area contributed by atoms with Gasteiger partial charge in [0.2, 0.25) is 0 Å². The van der Waals surface area contributed by atoms with Crippen molar-refractivity contribution in [2.75, 3.05) is 0 Å². The molecule has 7 atom stereocenters. The first-order valence-electron chi connectivity index (χ1n) is 9.39. The first-order valence-corrected chi connectivity index (χ1v) is 9.39. The lowest BCUT2D eigenvalue weighted by molar-refractivity contribution is -0.155. The summed E-state index contributed by atoms with van der Waals surface area (Å²) in [5.41, 5.74) is 2.38. The molecular weight excluding hydrogens is 288 g/mol. The van der Waals surface area contributed by atoms with E-state index in [-0.39, 0.29) is 34.7 Å². The predicted molar refractivity (Wildman–Crippen MR) is 87.8 cm³/mol. The molecule has 3 fully saturated rings. The quantitative estimate of drug-likeness (QED) is 0.722. The van der Waals surface area contributed by atoms with Gasteiger partial charge in [-0.25, -0.2) is 0 Å². The van der Waals surface area contributed by atoms with Crippen LogP contribution in [0.1, 0.15) is 58.8 Å². The fourth-order valence-corrected chi connectivity index (χ4v) is 6.64. The Kier molecular flexibility index (Phi) is 2.75. The average Bonchev–Trinajstić information content (AvgIpc) is 2.98. The zero-order valence-electron chi connectivity index (χ0n) is 14.2. The van der Waals surface area contributed by atoms with Crippen LogP contribution >= 0.6 is 0 Å². The molecule has 0 aromatic heterocycles. The van der Waals surface area contributed by atoms with Crippen LogP contribution in [0, 0.1) is 17.3 Å². The molecular formula is C20H28O3. The molecule has 0 radical (unpaired) electrons. The zero-order chi connectivity index (χ0) is 16.0. The number of fused-ring (bicyclic) bond motifs is 1. The Morgan fingerprint density at radius 2 is 2.00 bits per heavy atom. The van der Waals surface area contributed by atoms with Crippen LogP contribution in [0.15, 0.2) is 23.3 Å². The van der Waals surface area contributed by atoms with Gasteiger partial charge in [-0.05, 0) is 79.4 Å². The van der Waals surface area contributed by atoms with Gasteiger partial charge in [0.15, 0.2) is 0 Å². The van der Waals surface area contributed by atoms with Crippen molar-refractivity contribution >= 4 is 0 Å². The molecule has 1 saturated heterocycles. The van der Waals surface area contributed by atoms with Gasteiger partial charge in [-0.3, -0.25) is 0 Å². The van der Waals surface area contributed by atoms with E-state index in [1.807, 2.05) is 6.08 Å². The Bertz CT molecular complexity index is 622. The molecule has 3 heteroatoms. The van der Waals surface area contributed by atoms with Crippen molar-refractivity contribution < 1.29 is 14.9 Å². The van der Waals surface area contributed by atoms with Crippen molar-refractivity contribution in [2.45, 2.75) is 82.2 Å². The second kappa shape index (κ2) is 4.30. The fourth-order valence-electron chi connectivity index (χ4n) is 6.64. The fraction of sp³-hybridized carbons (Fsp3) is 0.800. The van der Waals surface area contributed by atoms with Crippen LogP contribution in [0.5, 0.6) is 0 Å². The maximum Gasteiger partial charge on any atom is 0.0946 e. The number of hydrogen-bond acceptors (Lipinski definition) is 3. The van der Waals surface area contributed by atoms with E-state index in [2.05, 4.69) is 19.9 Å². The van der Waals surface area contributed by atoms with Gasteiger partial charge in [0.1, 0.15) is 0 Å². The Hall–Kier alpha value is -0.640. The van der Waals surface area contributed by atoms with Crippen molar-refractivity contribution in [1.82, 2.24) is 0 Å². The summed E-state index contributed by atoms with van der Waals surface area (Å²) in [4.78, 5) is 0. The van der Waals surface area contributed by atoms with Crippen molar-refractivity contribution in [3.63, 3.8) is 0 Å². The summed E-state index contributed by atoms with van der Waals surface area (Å²) in [6.45, 7) is 4.42. The minimum Gasteiger partial charge on any atom is -0.393 e. The maximum absolute atomic E-state index is 10.6. The van der Waals surface area contributed by atoms with E-state index in [4.69, 9.17) is 4.74 Å². The summed E-state index contributed by atoms with van der Waals surface area (Å²) in [5.74, 6) is 0.709. The van der Waals surface area contributed by atoms with Gasteiger partial charge >= 0.3 is 0 Å². The third kappa shape index (κ3) is 1.62. The van der Waals surface area contributed by atoms with E-state index in [1.165, 1.54) is 11.1 Å². The number of aliphatic hydroxyl groups excluding tert-OH is 2. The van der Waals surface area contributed by atoms with Crippen LogP contribution in [-0.2, 0) is 4.74 Å². The minimum absolute atomic E-state index is 0.0177. The van der Waals surface area contributed by atoms with E-state index in [9.17, 15) is 10.2 Å². The smallest absolute Gasteiger partial charge is 0.0946 e. The highest BCUT2D eigenvalue weighted by Gasteiger charge is 2.67. The summed E-state index contributed by atoms with van der Waals surface area (Å²) in [6.07, 6.45) is 11.1. The first kappa shape index (κ1) is 14.7. The highest BCUT2D eigenvalue weighted by molar-refractivity contribution is 5.47. The lowest BCUT2D eigenvalue weighted by Crippen LogP contribution is -2.55. The largest absolute Gasteiger partial charge is 0.393 e. The van der Waals surface area contributed by atoms with E-state index < -0.39 is 0 Å². The van der Waals surface area contributed by atoms with Crippen LogP contribution < -0.4 is 0 Å². The molecule has 2 aliphatic heterocycles. The Morgan fingerprint density at radius 3 is 2.83 bits per heavy atom. The molecule has 2 bridgehead atoms. The van der Waals surface area contributed by atoms with Crippen molar-refractivity contribution in [3.8, 4) is 0 Å². The molecule has 5 aliphatic rings. The second-order valence-electron chi connectivity index (χ2n) is 9.10. The number of hydrogen-bond donors (Lipinski definition) is 2. The lowest BCUT2D eigenvalue weighted by Gasteiger charge is -2.55. The van der Waals surface area contributed by atoms with Gasteiger partial charge in [0, 0.05) is 0 Å². The Labute approximate surface area is 138 Å². The third-order valence-electron chi connectivity index (χ3n) is 8.04. The topological polar surface area (TPSA) is 49.7 Å². The molecule has 0 amide bonds. The predicted octanol–water partition coefficient (Wildman–Crippen LogP) is 3.11. The molecule has 2 spiro atoms. The standard InChI is InChI=1S/C20H28O3/c1-12-11-19-7-8-20(23-19)13(9-14(19)10-15(12)21)5-6-18(2)16(20)3-4-17(18)22/h9-10,12,15-17,21-22H,3-8,11H2,1-2H3. The maximum atomic E-state index is 10.6. The molecule has 2 saturated carbocycles. The van der Waals surface area contributed by atoms with Crippen LogP contribution in [0.4, 0.5) is 0 Å².